The Morgan fingerprint density at radius 2 is 2.17 bits per heavy atom. The molecule has 0 unspecified atom stereocenters. The van der Waals surface area contributed by atoms with E-state index >= 15 is 0 Å². The van der Waals surface area contributed by atoms with Crippen LogP contribution >= 0.6 is 11.6 Å². The Morgan fingerprint density at radius 1 is 1.35 bits per heavy atom. The van der Waals surface area contributed by atoms with Crippen molar-refractivity contribution in [3.63, 3.8) is 0 Å². The average molecular weight is 331 g/mol. The van der Waals surface area contributed by atoms with Crippen molar-refractivity contribution in [1.29, 1.82) is 0 Å². The number of aromatic nitrogens is 1. The molecule has 0 saturated carbocycles. The van der Waals surface area contributed by atoms with Gasteiger partial charge in [0.15, 0.2) is 0 Å². The van der Waals surface area contributed by atoms with E-state index in [2.05, 4.69) is 15.6 Å². The molecule has 23 heavy (non-hydrogen) atoms. The largest absolute Gasteiger partial charge is 0.336 e. The standard InChI is InChI=1S/C16H15ClN4O2/c1-10-8-12(4-5-18-10)20-15(22)11-2-3-13(17)14(9-11)21-7-6-19-16(21)23/h2-5,8-9H,6-7H2,1H3,(H,19,23)(H,18,20,22). The van der Waals surface area contributed by atoms with Crippen LogP contribution in [0.1, 0.15) is 16.1 Å². The second kappa shape index (κ2) is 6.26. The summed E-state index contributed by atoms with van der Waals surface area (Å²) in [6.07, 6.45) is 1.63. The van der Waals surface area contributed by atoms with Crippen molar-refractivity contribution in [1.82, 2.24) is 10.3 Å². The Kier molecular flexibility index (Phi) is 4.16. The van der Waals surface area contributed by atoms with Crippen molar-refractivity contribution in [2.24, 2.45) is 0 Å². The number of aryl methyl sites for hydroxylation is 1. The Morgan fingerprint density at radius 3 is 2.87 bits per heavy atom. The molecule has 1 aliphatic rings. The minimum atomic E-state index is -0.270. The molecular formula is C16H15ClN4O2. The molecule has 1 aromatic carbocycles. The smallest absolute Gasteiger partial charge is 0.322 e. The summed E-state index contributed by atoms with van der Waals surface area (Å²) < 4.78 is 0. The summed E-state index contributed by atoms with van der Waals surface area (Å²) in [4.78, 5) is 29.8. The van der Waals surface area contributed by atoms with E-state index in [1.807, 2.05) is 6.92 Å². The highest BCUT2D eigenvalue weighted by Crippen LogP contribution is 2.28. The van der Waals surface area contributed by atoms with Crippen LogP contribution in [0.15, 0.2) is 36.5 Å². The predicted octanol–water partition coefficient (Wildman–Crippen LogP) is 2.83. The van der Waals surface area contributed by atoms with Crippen LogP contribution in [-0.4, -0.2) is 30.0 Å². The van der Waals surface area contributed by atoms with Gasteiger partial charge in [0.25, 0.3) is 5.91 Å². The highest BCUT2D eigenvalue weighted by molar-refractivity contribution is 6.34. The van der Waals surface area contributed by atoms with Crippen molar-refractivity contribution in [2.75, 3.05) is 23.3 Å². The van der Waals surface area contributed by atoms with E-state index in [-0.39, 0.29) is 11.9 Å². The predicted molar refractivity (Wildman–Crippen MR) is 89.1 cm³/mol. The fraction of sp³-hybridized carbons (Fsp3) is 0.188. The van der Waals surface area contributed by atoms with E-state index in [9.17, 15) is 9.59 Å². The van der Waals surface area contributed by atoms with Crippen LogP contribution in [0.4, 0.5) is 16.2 Å². The molecule has 0 atom stereocenters. The highest BCUT2D eigenvalue weighted by Gasteiger charge is 2.24. The lowest BCUT2D eigenvalue weighted by atomic mass is 10.1. The van der Waals surface area contributed by atoms with Gasteiger partial charge >= 0.3 is 6.03 Å². The van der Waals surface area contributed by atoms with Crippen LogP contribution in [0.2, 0.25) is 5.02 Å². The summed E-state index contributed by atoms with van der Waals surface area (Å²) in [5.41, 5.74) is 2.44. The number of nitrogens with zero attached hydrogens (tertiary/aromatic N) is 2. The number of hydrogen-bond donors (Lipinski definition) is 2. The lowest BCUT2D eigenvalue weighted by molar-refractivity contribution is 0.102. The van der Waals surface area contributed by atoms with Crippen molar-refractivity contribution < 1.29 is 9.59 Å². The van der Waals surface area contributed by atoms with Crippen molar-refractivity contribution in [2.45, 2.75) is 6.92 Å². The first-order valence-corrected chi connectivity index (χ1v) is 7.51. The van der Waals surface area contributed by atoms with Crippen LogP contribution < -0.4 is 15.5 Å². The maximum Gasteiger partial charge on any atom is 0.322 e. The van der Waals surface area contributed by atoms with Crippen LogP contribution in [0.3, 0.4) is 0 Å². The fourth-order valence-electron chi connectivity index (χ4n) is 2.39. The van der Waals surface area contributed by atoms with E-state index < -0.39 is 0 Å². The molecule has 1 aromatic heterocycles. The Hall–Kier alpha value is -2.60. The summed E-state index contributed by atoms with van der Waals surface area (Å²) in [6.45, 7) is 2.93. The van der Waals surface area contributed by atoms with Gasteiger partial charge in [0.05, 0.1) is 10.7 Å². The van der Waals surface area contributed by atoms with Gasteiger partial charge < -0.3 is 10.6 Å². The number of nitrogens with one attached hydrogen (secondary N) is 2. The molecule has 118 valence electrons. The van der Waals surface area contributed by atoms with E-state index in [4.69, 9.17) is 11.6 Å². The number of rotatable bonds is 3. The normalized spacial score (nSPS) is 13.8. The summed E-state index contributed by atoms with van der Waals surface area (Å²) in [6, 6.07) is 8.15. The Bertz CT molecular complexity index is 778. The Labute approximate surface area is 138 Å². The number of amides is 3. The Balaban J connectivity index is 1.85. The molecule has 2 heterocycles. The summed E-state index contributed by atoms with van der Waals surface area (Å²) in [5, 5.41) is 5.95. The molecule has 0 bridgehead atoms. The third-order valence-electron chi connectivity index (χ3n) is 3.51. The zero-order chi connectivity index (χ0) is 16.4. The minimum absolute atomic E-state index is 0.214. The van der Waals surface area contributed by atoms with Crippen LogP contribution in [0.25, 0.3) is 0 Å². The second-order valence-corrected chi connectivity index (χ2v) is 5.60. The highest BCUT2D eigenvalue weighted by atomic mass is 35.5. The average Bonchev–Trinajstić information content (AvgIpc) is 2.93. The van der Waals surface area contributed by atoms with Crippen LogP contribution in [0.5, 0.6) is 0 Å². The summed E-state index contributed by atoms with van der Waals surface area (Å²) in [7, 11) is 0. The lowest BCUT2D eigenvalue weighted by Crippen LogP contribution is -2.28. The zero-order valence-electron chi connectivity index (χ0n) is 12.5. The minimum Gasteiger partial charge on any atom is -0.336 e. The molecule has 2 aromatic rings. The maximum atomic E-state index is 12.4. The van der Waals surface area contributed by atoms with Gasteiger partial charge in [-0.15, -0.1) is 0 Å². The van der Waals surface area contributed by atoms with Crippen LogP contribution in [-0.2, 0) is 0 Å². The van der Waals surface area contributed by atoms with Crippen molar-refractivity contribution >= 4 is 34.9 Å². The van der Waals surface area contributed by atoms with Gasteiger partial charge in [-0.25, -0.2) is 4.79 Å². The molecule has 2 N–H and O–H groups in total. The molecule has 6 nitrogen and oxygen atoms in total. The molecule has 0 aliphatic carbocycles. The molecule has 3 amide bonds. The lowest BCUT2D eigenvalue weighted by Gasteiger charge is -2.17. The third kappa shape index (κ3) is 3.27. The topological polar surface area (TPSA) is 74.3 Å². The number of pyridine rings is 1. The van der Waals surface area contributed by atoms with Gasteiger partial charge in [-0.1, -0.05) is 11.6 Å². The van der Waals surface area contributed by atoms with Gasteiger partial charge in [0, 0.05) is 36.2 Å². The first-order valence-electron chi connectivity index (χ1n) is 7.13. The number of hydrogen-bond acceptors (Lipinski definition) is 3. The number of carbonyl (C=O) groups is 2. The molecule has 1 fully saturated rings. The fourth-order valence-corrected chi connectivity index (χ4v) is 2.61. The van der Waals surface area contributed by atoms with E-state index in [1.54, 1.807) is 36.5 Å². The number of benzene rings is 1. The van der Waals surface area contributed by atoms with Gasteiger partial charge in [-0.2, -0.15) is 0 Å². The molecule has 1 saturated heterocycles. The number of halogens is 1. The first kappa shape index (κ1) is 15.3. The molecule has 7 heteroatoms. The molecule has 3 rings (SSSR count). The van der Waals surface area contributed by atoms with E-state index in [1.165, 1.54) is 4.90 Å². The van der Waals surface area contributed by atoms with Gasteiger partial charge in [0.2, 0.25) is 0 Å². The van der Waals surface area contributed by atoms with Crippen LogP contribution in [0, 0.1) is 6.92 Å². The molecular weight excluding hydrogens is 316 g/mol. The number of anilines is 2. The molecule has 1 aliphatic heterocycles. The second-order valence-electron chi connectivity index (χ2n) is 5.19. The first-order chi connectivity index (χ1) is 11.0. The summed E-state index contributed by atoms with van der Waals surface area (Å²) >= 11 is 6.17. The summed E-state index contributed by atoms with van der Waals surface area (Å²) in [5.74, 6) is -0.270. The molecule has 0 spiro atoms. The quantitative estimate of drug-likeness (QED) is 0.908. The van der Waals surface area contributed by atoms with E-state index in [0.717, 1.165) is 5.69 Å². The van der Waals surface area contributed by atoms with Gasteiger partial charge in [-0.05, 0) is 37.3 Å². The molecule has 0 radical (unpaired) electrons. The third-order valence-corrected chi connectivity index (χ3v) is 3.83. The SMILES string of the molecule is Cc1cc(NC(=O)c2ccc(Cl)c(N3CCNC3=O)c2)ccn1. The number of urea groups is 1. The van der Waals surface area contributed by atoms with Gasteiger partial charge in [0.1, 0.15) is 0 Å². The van der Waals surface area contributed by atoms with Gasteiger partial charge in [-0.3, -0.25) is 14.7 Å². The maximum absolute atomic E-state index is 12.4. The monoisotopic (exact) mass is 330 g/mol. The zero-order valence-corrected chi connectivity index (χ0v) is 13.2. The number of carbonyl (C=O) groups excluding carboxylic acids is 2. The van der Waals surface area contributed by atoms with Crippen molar-refractivity contribution in [3.8, 4) is 0 Å². The van der Waals surface area contributed by atoms with E-state index in [0.29, 0.717) is 35.1 Å². The van der Waals surface area contributed by atoms with Crippen molar-refractivity contribution in [3.05, 3.63) is 52.8 Å².